The van der Waals surface area contributed by atoms with E-state index >= 15 is 0 Å². The van der Waals surface area contributed by atoms with E-state index in [1.807, 2.05) is 13.8 Å². The van der Waals surface area contributed by atoms with Gasteiger partial charge < -0.3 is 5.11 Å². The van der Waals surface area contributed by atoms with Crippen LogP contribution in [0.2, 0.25) is 0 Å². The molecule has 0 heterocycles. The smallest absolute Gasteiger partial charge is 0.125 e. The van der Waals surface area contributed by atoms with Crippen LogP contribution < -0.4 is 0 Å². The summed E-state index contributed by atoms with van der Waals surface area (Å²) in [5.41, 5.74) is 2.88. The fourth-order valence-corrected chi connectivity index (χ4v) is 5.46. The lowest BCUT2D eigenvalue weighted by atomic mass is 10.0. The molecular formula is C11H12Br4O. The van der Waals surface area contributed by atoms with Gasteiger partial charge in [0.1, 0.15) is 5.75 Å². The molecule has 0 aromatic heterocycles. The van der Waals surface area contributed by atoms with Crippen LogP contribution in [-0.2, 0) is 0 Å². The van der Waals surface area contributed by atoms with Crippen molar-refractivity contribution in [3.8, 4) is 5.75 Å². The van der Waals surface area contributed by atoms with Gasteiger partial charge in [0.15, 0.2) is 0 Å². The highest BCUT2D eigenvalue weighted by Gasteiger charge is 2.23. The summed E-state index contributed by atoms with van der Waals surface area (Å²) in [7, 11) is 0. The topological polar surface area (TPSA) is 20.2 Å². The van der Waals surface area contributed by atoms with Gasteiger partial charge in [-0.3, -0.25) is 0 Å². The van der Waals surface area contributed by atoms with Gasteiger partial charge in [-0.1, -0.05) is 47.8 Å². The highest BCUT2D eigenvalue weighted by atomic mass is 79.9. The molecule has 0 spiro atoms. The van der Waals surface area contributed by atoms with Crippen LogP contribution in [0.5, 0.6) is 5.75 Å². The van der Waals surface area contributed by atoms with Crippen molar-refractivity contribution in [2.45, 2.75) is 30.4 Å². The summed E-state index contributed by atoms with van der Waals surface area (Å²) >= 11 is 14.2. The lowest BCUT2D eigenvalue weighted by molar-refractivity contribution is 0.463. The zero-order valence-corrected chi connectivity index (χ0v) is 15.5. The standard InChI is InChI=1S/C11H12Br4O/c1-4-9(14)7(5(2)12)10(15)8(6(3)13)11(4)16/h5-6,16H,1-3H3. The molecule has 0 radical (unpaired) electrons. The Morgan fingerprint density at radius 2 is 1.38 bits per heavy atom. The van der Waals surface area contributed by atoms with Crippen LogP contribution in [-0.4, -0.2) is 5.11 Å². The minimum Gasteiger partial charge on any atom is -0.507 e. The van der Waals surface area contributed by atoms with Crippen molar-refractivity contribution < 1.29 is 5.11 Å². The van der Waals surface area contributed by atoms with Crippen LogP contribution in [0.15, 0.2) is 8.95 Å². The normalized spacial score (nSPS) is 14.9. The minimum absolute atomic E-state index is 0.0960. The zero-order valence-electron chi connectivity index (χ0n) is 9.11. The van der Waals surface area contributed by atoms with Crippen LogP contribution in [0, 0.1) is 6.92 Å². The van der Waals surface area contributed by atoms with Gasteiger partial charge in [0.05, 0.1) is 0 Å². The first-order valence-electron chi connectivity index (χ1n) is 4.77. The fourth-order valence-electron chi connectivity index (χ4n) is 1.57. The molecule has 90 valence electrons. The van der Waals surface area contributed by atoms with Crippen molar-refractivity contribution in [3.63, 3.8) is 0 Å². The Kier molecular flexibility index (Phi) is 5.36. The molecule has 2 atom stereocenters. The lowest BCUT2D eigenvalue weighted by Gasteiger charge is -2.20. The first-order chi connectivity index (χ1) is 7.29. The number of phenols is 1. The summed E-state index contributed by atoms with van der Waals surface area (Å²) in [4.78, 5) is 0.305. The van der Waals surface area contributed by atoms with Gasteiger partial charge >= 0.3 is 0 Å². The molecule has 0 bridgehead atoms. The largest absolute Gasteiger partial charge is 0.507 e. The van der Waals surface area contributed by atoms with E-state index in [2.05, 4.69) is 70.6 Å². The molecule has 0 amide bonds. The summed E-state index contributed by atoms with van der Waals surface area (Å²) in [6.07, 6.45) is 0. The molecule has 16 heavy (non-hydrogen) atoms. The van der Waals surface area contributed by atoms with Crippen molar-refractivity contribution in [2.24, 2.45) is 0 Å². The number of alkyl halides is 2. The molecule has 0 saturated carbocycles. The zero-order chi connectivity index (χ0) is 12.6. The highest BCUT2D eigenvalue weighted by Crippen LogP contribution is 2.47. The number of hydrogen-bond donors (Lipinski definition) is 1. The molecule has 1 N–H and O–H groups in total. The Morgan fingerprint density at radius 3 is 1.75 bits per heavy atom. The SMILES string of the molecule is Cc1c(O)c(C(C)Br)c(Br)c(C(C)Br)c1Br. The van der Waals surface area contributed by atoms with Crippen molar-refractivity contribution in [2.75, 3.05) is 0 Å². The number of rotatable bonds is 2. The third kappa shape index (κ3) is 2.68. The molecule has 0 aliphatic heterocycles. The maximum absolute atomic E-state index is 10.1. The van der Waals surface area contributed by atoms with Gasteiger partial charge in [0.25, 0.3) is 0 Å². The van der Waals surface area contributed by atoms with E-state index in [0.29, 0.717) is 5.75 Å². The summed E-state index contributed by atoms with van der Waals surface area (Å²) in [6, 6.07) is 0. The van der Waals surface area contributed by atoms with Gasteiger partial charge in [0, 0.05) is 29.7 Å². The monoisotopic (exact) mass is 476 g/mol. The second kappa shape index (κ2) is 5.72. The number of hydrogen-bond acceptors (Lipinski definition) is 1. The summed E-state index contributed by atoms with van der Waals surface area (Å²) in [6.45, 7) is 5.96. The van der Waals surface area contributed by atoms with E-state index in [1.165, 1.54) is 0 Å². The van der Waals surface area contributed by atoms with E-state index < -0.39 is 0 Å². The number of benzene rings is 1. The van der Waals surface area contributed by atoms with E-state index in [-0.39, 0.29) is 9.65 Å². The third-order valence-electron chi connectivity index (χ3n) is 2.44. The van der Waals surface area contributed by atoms with Crippen LogP contribution >= 0.6 is 63.7 Å². The van der Waals surface area contributed by atoms with Gasteiger partial charge in [-0.05, 0) is 42.3 Å². The van der Waals surface area contributed by atoms with E-state index in [1.54, 1.807) is 0 Å². The number of phenolic OH excluding ortho intramolecular Hbond substituents is 1. The van der Waals surface area contributed by atoms with Crippen molar-refractivity contribution in [1.29, 1.82) is 0 Å². The Hall–Kier alpha value is 0.940. The Morgan fingerprint density at radius 1 is 0.938 bits per heavy atom. The van der Waals surface area contributed by atoms with E-state index in [9.17, 15) is 5.11 Å². The Labute approximate surface area is 130 Å². The molecule has 1 aromatic carbocycles. The summed E-state index contributed by atoms with van der Waals surface area (Å²) in [5.74, 6) is 0.333. The second-order valence-corrected chi connectivity index (χ2v) is 7.99. The van der Waals surface area contributed by atoms with Crippen molar-refractivity contribution >= 4 is 63.7 Å². The maximum atomic E-state index is 10.1. The van der Waals surface area contributed by atoms with Crippen molar-refractivity contribution in [1.82, 2.24) is 0 Å². The Balaban J connectivity index is 3.66. The average molecular weight is 480 g/mol. The van der Waals surface area contributed by atoms with Crippen LogP contribution in [0.4, 0.5) is 0 Å². The molecule has 0 saturated heterocycles. The van der Waals surface area contributed by atoms with E-state index in [4.69, 9.17) is 0 Å². The third-order valence-corrected chi connectivity index (χ3v) is 5.24. The summed E-state index contributed by atoms with van der Waals surface area (Å²) < 4.78 is 1.88. The maximum Gasteiger partial charge on any atom is 0.125 e. The number of aromatic hydroxyl groups is 1. The second-order valence-electron chi connectivity index (χ2n) is 3.66. The molecular weight excluding hydrogens is 468 g/mol. The molecule has 5 heteroatoms. The Bertz CT molecular complexity index is 378. The van der Waals surface area contributed by atoms with Gasteiger partial charge in [-0.25, -0.2) is 0 Å². The molecule has 1 rings (SSSR count). The average Bonchev–Trinajstić information content (AvgIpc) is 2.13. The molecule has 0 fully saturated rings. The molecule has 0 aliphatic carbocycles. The number of halogens is 4. The predicted octanol–water partition coefficient (Wildman–Crippen LogP) is 6.14. The first-order valence-corrected chi connectivity index (χ1v) is 8.19. The fraction of sp³-hybridized carbons (Fsp3) is 0.455. The van der Waals surface area contributed by atoms with Gasteiger partial charge in [0.2, 0.25) is 0 Å². The van der Waals surface area contributed by atoms with Crippen LogP contribution in [0.3, 0.4) is 0 Å². The molecule has 2 unspecified atom stereocenters. The van der Waals surface area contributed by atoms with Gasteiger partial charge in [-0.2, -0.15) is 0 Å². The minimum atomic E-state index is 0.0960. The van der Waals surface area contributed by atoms with Crippen molar-refractivity contribution in [3.05, 3.63) is 25.6 Å². The van der Waals surface area contributed by atoms with E-state index in [0.717, 1.165) is 25.6 Å². The van der Waals surface area contributed by atoms with Crippen LogP contribution in [0.1, 0.15) is 40.2 Å². The first kappa shape index (κ1) is 15.0. The highest BCUT2D eigenvalue weighted by molar-refractivity contribution is 9.11. The quantitative estimate of drug-likeness (QED) is 0.505. The van der Waals surface area contributed by atoms with Crippen LogP contribution in [0.25, 0.3) is 0 Å². The molecule has 1 aromatic rings. The predicted molar refractivity (Wildman–Crippen MR) is 82.9 cm³/mol. The molecule has 0 aliphatic rings. The summed E-state index contributed by atoms with van der Waals surface area (Å²) in [5, 5.41) is 10.1. The molecule has 1 nitrogen and oxygen atoms in total. The lowest BCUT2D eigenvalue weighted by Crippen LogP contribution is -1.99. The van der Waals surface area contributed by atoms with Gasteiger partial charge in [-0.15, -0.1) is 0 Å².